The first kappa shape index (κ1) is 23.3. The van der Waals surface area contributed by atoms with Crippen LogP contribution in [0.4, 0.5) is 4.39 Å². The number of hydrogen-bond donors (Lipinski definition) is 2. The number of hydrogen-bond acceptors (Lipinski definition) is 6. The minimum absolute atomic E-state index is 0.0262. The molecule has 0 aliphatic carbocycles. The van der Waals surface area contributed by atoms with Crippen LogP contribution < -0.4 is 5.56 Å². The van der Waals surface area contributed by atoms with E-state index < -0.39 is 6.10 Å². The van der Waals surface area contributed by atoms with Crippen molar-refractivity contribution in [3.63, 3.8) is 0 Å². The maximum atomic E-state index is 13.4. The van der Waals surface area contributed by atoms with Crippen molar-refractivity contribution in [2.45, 2.75) is 51.7 Å². The molecule has 2 aliphatic rings. The number of piperidine rings is 1. The quantitative estimate of drug-likeness (QED) is 0.257. The van der Waals surface area contributed by atoms with Gasteiger partial charge in [0, 0.05) is 39.4 Å². The van der Waals surface area contributed by atoms with Gasteiger partial charge in [-0.15, -0.1) is 0 Å². The Labute approximate surface area is 200 Å². The molecule has 2 aromatic rings. The van der Waals surface area contributed by atoms with E-state index in [1.165, 1.54) is 12.1 Å². The molecular weight excluding hydrogens is 526 g/mol. The van der Waals surface area contributed by atoms with E-state index in [9.17, 15) is 19.5 Å². The van der Waals surface area contributed by atoms with Crippen molar-refractivity contribution < 1.29 is 14.7 Å². The number of oxime groups is 1. The van der Waals surface area contributed by atoms with Crippen molar-refractivity contribution in [2.24, 2.45) is 11.1 Å². The van der Waals surface area contributed by atoms with Gasteiger partial charge in [0.05, 0.1) is 5.71 Å². The standard InChI is InChI=1S/C23H28FIN4O3/c1-14-17(23(31)29-9-2-3-20(30)22(29)26-14)8-12-28-10-6-15(7-11-28)21(27-32)18-5-4-16(24)13-19(18)25/h4-5,13,15,20,30,32H,2-3,6-12H2,1H3/b27-21-. The number of halogens is 2. The number of aromatic nitrogens is 2. The maximum absolute atomic E-state index is 13.4. The maximum Gasteiger partial charge on any atom is 0.257 e. The van der Waals surface area contributed by atoms with Gasteiger partial charge in [0.1, 0.15) is 17.7 Å². The number of benzene rings is 1. The van der Waals surface area contributed by atoms with Crippen molar-refractivity contribution in [3.05, 3.63) is 60.6 Å². The predicted octanol–water partition coefficient (Wildman–Crippen LogP) is 3.26. The Morgan fingerprint density at radius 3 is 2.72 bits per heavy atom. The Hall–Kier alpha value is -1.85. The topological polar surface area (TPSA) is 91.0 Å². The zero-order valence-corrected chi connectivity index (χ0v) is 20.3. The second-order valence-electron chi connectivity index (χ2n) is 8.62. The summed E-state index contributed by atoms with van der Waals surface area (Å²) in [5.41, 5.74) is 2.79. The highest BCUT2D eigenvalue weighted by Crippen LogP contribution is 2.26. The summed E-state index contributed by atoms with van der Waals surface area (Å²) in [7, 11) is 0. The molecule has 1 atom stereocenters. The highest BCUT2D eigenvalue weighted by atomic mass is 127. The van der Waals surface area contributed by atoms with E-state index in [1.807, 2.05) is 6.92 Å². The van der Waals surface area contributed by atoms with Crippen molar-refractivity contribution in [1.82, 2.24) is 14.5 Å². The van der Waals surface area contributed by atoms with E-state index in [4.69, 9.17) is 0 Å². The van der Waals surface area contributed by atoms with Gasteiger partial charge in [-0.25, -0.2) is 9.37 Å². The van der Waals surface area contributed by atoms with Gasteiger partial charge in [-0.1, -0.05) is 5.16 Å². The fourth-order valence-electron chi connectivity index (χ4n) is 4.80. The van der Waals surface area contributed by atoms with Crippen LogP contribution in [0.5, 0.6) is 0 Å². The molecule has 0 saturated carbocycles. The van der Waals surface area contributed by atoms with Gasteiger partial charge in [0.25, 0.3) is 5.56 Å². The van der Waals surface area contributed by atoms with Gasteiger partial charge in [-0.05, 0) is 92.9 Å². The molecule has 0 amide bonds. The van der Waals surface area contributed by atoms with Crippen LogP contribution in [0.15, 0.2) is 28.1 Å². The molecule has 0 spiro atoms. The molecule has 1 aromatic carbocycles. The van der Waals surface area contributed by atoms with E-state index in [2.05, 4.69) is 37.6 Å². The zero-order chi connectivity index (χ0) is 22.8. The summed E-state index contributed by atoms with van der Waals surface area (Å²) in [5, 5.41) is 23.4. The number of aryl methyl sites for hydroxylation is 1. The van der Waals surface area contributed by atoms with Gasteiger partial charge in [-0.3, -0.25) is 9.36 Å². The lowest BCUT2D eigenvalue weighted by molar-refractivity contribution is 0.129. The van der Waals surface area contributed by atoms with Crippen LogP contribution in [-0.4, -0.2) is 50.1 Å². The third kappa shape index (κ3) is 4.74. The van der Waals surface area contributed by atoms with Crippen molar-refractivity contribution in [2.75, 3.05) is 19.6 Å². The molecule has 3 heterocycles. The lowest BCUT2D eigenvalue weighted by atomic mass is 9.88. The summed E-state index contributed by atoms with van der Waals surface area (Å²) in [6.45, 7) is 4.88. The van der Waals surface area contributed by atoms with Crippen molar-refractivity contribution in [1.29, 1.82) is 0 Å². The van der Waals surface area contributed by atoms with E-state index in [1.54, 1.807) is 10.6 Å². The lowest BCUT2D eigenvalue weighted by Crippen LogP contribution is -2.39. The lowest BCUT2D eigenvalue weighted by Gasteiger charge is -2.32. The molecule has 7 nitrogen and oxygen atoms in total. The minimum Gasteiger partial charge on any atom is -0.411 e. The number of rotatable bonds is 5. The largest absolute Gasteiger partial charge is 0.411 e. The Morgan fingerprint density at radius 2 is 2.03 bits per heavy atom. The molecule has 2 aliphatic heterocycles. The Bertz CT molecular complexity index is 1080. The van der Waals surface area contributed by atoms with Crippen molar-refractivity contribution in [3.8, 4) is 0 Å². The fraction of sp³-hybridized carbons (Fsp3) is 0.522. The molecule has 9 heteroatoms. The van der Waals surface area contributed by atoms with E-state index in [0.29, 0.717) is 36.6 Å². The smallest absolute Gasteiger partial charge is 0.257 e. The number of likely N-dealkylation sites (tertiary alicyclic amines) is 1. The van der Waals surface area contributed by atoms with Crippen LogP contribution in [0.3, 0.4) is 0 Å². The van der Waals surface area contributed by atoms with Gasteiger partial charge < -0.3 is 15.2 Å². The average Bonchev–Trinajstić information content (AvgIpc) is 2.77. The van der Waals surface area contributed by atoms with Crippen molar-refractivity contribution >= 4 is 28.3 Å². The average molecular weight is 554 g/mol. The van der Waals surface area contributed by atoms with E-state index >= 15 is 0 Å². The molecule has 1 unspecified atom stereocenters. The fourth-order valence-corrected chi connectivity index (χ4v) is 5.56. The molecule has 4 rings (SSSR count). The van der Waals surface area contributed by atoms with Gasteiger partial charge >= 0.3 is 0 Å². The first-order valence-electron chi connectivity index (χ1n) is 11.1. The highest BCUT2D eigenvalue weighted by Gasteiger charge is 2.27. The van der Waals surface area contributed by atoms with Gasteiger partial charge in [0.15, 0.2) is 0 Å². The highest BCUT2D eigenvalue weighted by molar-refractivity contribution is 14.1. The number of nitrogens with zero attached hydrogens (tertiary/aromatic N) is 4. The second kappa shape index (κ2) is 9.96. The molecule has 0 radical (unpaired) electrons. The molecule has 0 bridgehead atoms. The van der Waals surface area contributed by atoms with Crippen LogP contribution >= 0.6 is 22.6 Å². The summed E-state index contributed by atoms with van der Waals surface area (Å²) in [6, 6.07) is 4.52. The normalized spacial score (nSPS) is 20.4. The molecule has 1 saturated heterocycles. The van der Waals surface area contributed by atoms with Crippen LogP contribution in [-0.2, 0) is 13.0 Å². The number of fused-ring (bicyclic) bond motifs is 1. The van der Waals surface area contributed by atoms with Crippen LogP contribution in [0, 0.1) is 22.2 Å². The van der Waals surface area contributed by atoms with Crippen LogP contribution in [0.1, 0.15) is 54.4 Å². The third-order valence-corrected chi connectivity index (χ3v) is 7.52. The Morgan fingerprint density at radius 1 is 1.28 bits per heavy atom. The molecule has 32 heavy (non-hydrogen) atoms. The monoisotopic (exact) mass is 554 g/mol. The summed E-state index contributed by atoms with van der Waals surface area (Å²) >= 11 is 2.07. The zero-order valence-electron chi connectivity index (χ0n) is 18.1. The Balaban J connectivity index is 1.39. The molecular formula is C23H28FIN4O3. The predicted molar refractivity (Wildman–Crippen MR) is 128 cm³/mol. The summed E-state index contributed by atoms with van der Waals surface area (Å²) in [6.07, 6.45) is 3.06. The SMILES string of the molecule is Cc1nc2n(c(=O)c1CCN1CCC(/C(=N/O)c3ccc(F)cc3I)CC1)CCCC2O. The first-order valence-corrected chi connectivity index (χ1v) is 12.1. The van der Waals surface area contributed by atoms with E-state index in [-0.39, 0.29) is 17.3 Å². The van der Waals surface area contributed by atoms with Gasteiger partial charge in [-0.2, -0.15) is 0 Å². The summed E-state index contributed by atoms with van der Waals surface area (Å²) < 4.78 is 15.8. The summed E-state index contributed by atoms with van der Waals surface area (Å²) in [5.74, 6) is 0.298. The van der Waals surface area contributed by atoms with Gasteiger partial charge in [0.2, 0.25) is 0 Å². The van der Waals surface area contributed by atoms with Crippen LogP contribution in [0.2, 0.25) is 0 Å². The number of aliphatic hydroxyl groups excluding tert-OH is 1. The molecule has 2 N–H and O–H groups in total. The molecule has 172 valence electrons. The van der Waals surface area contributed by atoms with E-state index in [0.717, 1.165) is 53.6 Å². The van der Waals surface area contributed by atoms with Crippen LogP contribution in [0.25, 0.3) is 0 Å². The molecule has 1 aromatic heterocycles. The second-order valence-corrected chi connectivity index (χ2v) is 9.79. The Kier molecular flexibility index (Phi) is 7.26. The minimum atomic E-state index is -0.658. The first-order chi connectivity index (χ1) is 15.4. The number of aliphatic hydroxyl groups is 1. The third-order valence-electron chi connectivity index (χ3n) is 6.62. The molecule has 1 fully saturated rings. The summed E-state index contributed by atoms with van der Waals surface area (Å²) in [4.78, 5) is 19.8.